The average Bonchev–Trinajstić information content (AvgIpc) is 2.42. The summed E-state index contributed by atoms with van der Waals surface area (Å²) >= 11 is 0. The second-order valence-electron chi connectivity index (χ2n) is 5.91. The van der Waals surface area contributed by atoms with Crippen LogP contribution in [0, 0.1) is 0 Å². The molecule has 0 aliphatic heterocycles. The highest BCUT2D eigenvalue weighted by molar-refractivity contribution is 5.79. The van der Waals surface area contributed by atoms with E-state index in [1.165, 1.54) is 24.0 Å². The minimum Gasteiger partial charge on any atom is -0.359 e. The van der Waals surface area contributed by atoms with Gasteiger partial charge in [-0.15, -0.1) is 0 Å². The zero-order valence-electron chi connectivity index (χ0n) is 12.5. The Labute approximate surface area is 116 Å². The molecule has 2 N–H and O–H groups in total. The number of nitrogens with zero attached hydrogens (tertiary/aromatic N) is 1. The maximum absolute atomic E-state index is 4.17. The van der Waals surface area contributed by atoms with E-state index in [9.17, 15) is 0 Å². The molecule has 0 aromatic heterocycles. The number of hydrogen-bond acceptors (Lipinski definition) is 1. The van der Waals surface area contributed by atoms with Crippen molar-refractivity contribution in [3.8, 4) is 0 Å². The van der Waals surface area contributed by atoms with E-state index in [0.717, 1.165) is 12.5 Å². The molecule has 3 nitrogen and oxygen atoms in total. The number of fused-ring (bicyclic) bond motifs is 1. The third kappa shape index (κ3) is 2.91. The quantitative estimate of drug-likeness (QED) is 0.633. The maximum atomic E-state index is 4.17. The van der Waals surface area contributed by atoms with Crippen LogP contribution >= 0.6 is 0 Å². The van der Waals surface area contributed by atoms with Gasteiger partial charge < -0.3 is 10.6 Å². The van der Waals surface area contributed by atoms with E-state index in [4.69, 9.17) is 0 Å². The Morgan fingerprint density at radius 1 is 1.37 bits per heavy atom. The largest absolute Gasteiger partial charge is 0.359 e. The van der Waals surface area contributed by atoms with Gasteiger partial charge in [-0.05, 0) is 29.4 Å². The molecule has 104 valence electrons. The van der Waals surface area contributed by atoms with Gasteiger partial charge in [-0.1, -0.05) is 38.1 Å². The third-order valence-electron chi connectivity index (χ3n) is 4.22. The van der Waals surface area contributed by atoms with Gasteiger partial charge in [-0.3, -0.25) is 4.99 Å². The van der Waals surface area contributed by atoms with Crippen molar-refractivity contribution in [1.29, 1.82) is 0 Å². The number of benzene rings is 1. The summed E-state index contributed by atoms with van der Waals surface area (Å²) in [6.07, 6.45) is 2.48. The van der Waals surface area contributed by atoms with Crippen molar-refractivity contribution in [2.24, 2.45) is 4.99 Å². The Morgan fingerprint density at radius 3 is 2.79 bits per heavy atom. The molecule has 0 fully saturated rings. The van der Waals surface area contributed by atoms with Crippen molar-refractivity contribution < 1.29 is 0 Å². The van der Waals surface area contributed by atoms with Crippen LogP contribution in [0.2, 0.25) is 0 Å². The molecule has 19 heavy (non-hydrogen) atoms. The van der Waals surface area contributed by atoms with Gasteiger partial charge in [0.05, 0.1) is 0 Å². The summed E-state index contributed by atoms with van der Waals surface area (Å²) < 4.78 is 0. The highest BCUT2D eigenvalue weighted by Gasteiger charge is 2.31. The van der Waals surface area contributed by atoms with E-state index in [2.05, 4.69) is 53.7 Å². The Morgan fingerprint density at radius 2 is 2.11 bits per heavy atom. The normalized spacial score (nSPS) is 21.7. The fraction of sp³-hybridized carbons (Fsp3) is 0.562. The van der Waals surface area contributed by atoms with Gasteiger partial charge in [-0.2, -0.15) is 0 Å². The van der Waals surface area contributed by atoms with Crippen LogP contribution in [-0.2, 0) is 5.41 Å². The molecule has 0 spiro atoms. The smallest absolute Gasteiger partial charge is 0.190 e. The zero-order valence-corrected chi connectivity index (χ0v) is 12.5. The van der Waals surface area contributed by atoms with Crippen molar-refractivity contribution >= 4 is 5.96 Å². The Hall–Kier alpha value is -1.51. The first kappa shape index (κ1) is 13.9. The van der Waals surface area contributed by atoms with Crippen molar-refractivity contribution in [2.75, 3.05) is 20.6 Å². The summed E-state index contributed by atoms with van der Waals surface area (Å²) in [6, 6.07) is 8.88. The van der Waals surface area contributed by atoms with Crippen molar-refractivity contribution in [1.82, 2.24) is 10.6 Å². The molecule has 3 heteroatoms. The van der Waals surface area contributed by atoms with Gasteiger partial charge in [0.25, 0.3) is 0 Å². The topological polar surface area (TPSA) is 36.4 Å². The van der Waals surface area contributed by atoms with Gasteiger partial charge in [0, 0.05) is 26.6 Å². The van der Waals surface area contributed by atoms with Gasteiger partial charge in [0.1, 0.15) is 0 Å². The molecule has 2 rings (SSSR count). The third-order valence-corrected chi connectivity index (χ3v) is 4.22. The van der Waals surface area contributed by atoms with E-state index in [1.807, 2.05) is 7.05 Å². The molecule has 0 amide bonds. The predicted octanol–water partition coefficient (Wildman–Crippen LogP) is 2.64. The molecule has 1 atom stereocenters. The highest BCUT2D eigenvalue weighted by atomic mass is 15.1. The van der Waals surface area contributed by atoms with Crippen LogP contribution in [0.15, 0.2) is 29.3 Å². The second kappa shape index (κ2) is 5.64. The molecule has 0 saturated carbocycles. The second-order valence-corrected chi connectivity index (χ2v) is 5.91. The number of guanidine groups is 1. The SMILES string of the molecule is CN=C(NC)NCC1CCC(C)(C)c2ccccc21. The Kier molecular flexibility index (Phi) is 4.13. The lowest BCUT2D eigenvalue weighted by atomic mass is 9.69. The predicted molar refractivity (Wildman–Crippen MR) is 81.9 cm³/mol. The molecule has 1 aliphatic carbocycles. The molecule has 0 saturated heterocycles. The molecule has 1 aliphatic rings. The summed E-state index contributed by atoms with van der Waals surface area (Å²) in [5.74, 6) is 1.44. The molecule has 1 unspecified atom stereocenters. The first-order valence-electron chi connectivity index (χ1n) is 7.06. The number of nitrogens with one attached hydrogen (secondary N) is 2. The first-order valence-corrected chi connectivity index (χ1v) is 7.06. The van der Waals surface area contributed by atoms with E-state index >= 15 is 0 Å². The van der Waals surface area contributed by atoms with Gasteiger partial charge in [-0.25, -0.2) is 0 Å². The van der Waals surface area contributed by atoms with Crippen LogP contribution in [0.1, 0.15) is 43.7 Å². The number of aliphatic imine (C=N–C) groups is 1. The first-order chi connectivity index (χ1) is 9.08. The fourth-order valence-corrected chi connectivity index (χ4v) is 3.01. The molecular weight excluding hydrogens is 234 g/mol. The summed E-state index contributed by atoms with van der Waals surface area (Å²) in [7, 11) is 3.70. The van der Waals surface area contributed by atoms with Crippen molar-refractivity contribution in [3.05, 3.63) is 35.4 Å². The van der Waals surface area contributed by atoms with Crippen LogP contribution in [0.25, 0.3) is 0 Å². The lowest BCUT2D eigenvalue weighted by molar-refractivity contribution is 0.390. The number of hydrogen-bond donors (Lipinski definition) is 2. The minimum atomic E-state index is 0.303. The molecule has 1 aromatic rings. The van der Waals surface area contributed by atoms with E-state index in [-0.39, 0.29) is 0 Å². The molecule has 0 radical (unpaired) electrons. The molecular formula is C16H25N3. The lowest BCUT2D eigenvalue weighted by Gasteiger charge is -2.37. The minimum absolute atomic E-state index is 0.303. The van der Waals surface area contributed by atoms with Crippen molar-refractivity contribution in [3.63, 3.8) is 0 Å². The molecule has 0 heterocycles. The average molecular weight is 259 g/mol. The number of rotatable bonds is 2. The van der Waals surface area contributed by atoms with Crippen LogP contribution in [0.3, 0.4) is 0 Å². The van der Waals surface area contributed by atoms with E-state index < -0.39 is 0 Å². The zero-order chi connectivity index (χ0) is 13.9. The monoisotopic (exact) mass is 259 g/mol. The lowest BCUT2D eigenvalue weighted by Crippen LogP contribution is -2.39. The Balaban J connectivity index is 2.16. The fourth-order valence-electron chi connectivity index (χ4n) is 3.01. The van der Waals surface area contributed by atoms with Crippen LogP contribution in [0.4, 0.5) is 0 Å². The van der Waals surface area contributed by atoms with Crippen LogP contribution < -0.4 is 10.6 Å². The maximum Gasteiger partial charge on any atom is 0.190 e. The van der Waals surface area contributed by atoms with Gasteiger partial charge in [0.15, 0.2) is 5.96 Å². The van der Waals surface area contributed by atoms with Gasteiger partial charge in [0.2, 0.25) is 0 Å². The van der Waals surface area contributed by atoms with Crippen LogP contribution in [-0.4, -0.2) is 26.6 Å². The molecule has 1 aromatic carbocycles. The van der Waals surface area contributed by atoms with Crippen LogP contribution in [0.5, 0.6) is 0 Å². The van der Waals surface area contributed by atoms with E-state index in [0.29, 0.717) is 11.3 Å². The summed E-state index contributed by atoms with van der Waals surface area (Å²) in [6.45, 7) is 5.64. The van der Waals surface area contributed by atoms with Crippen molar-refractivity contribution in [2.45, 2.75) is 38.0 Å². The summed E-state index contributed by atoms with van der Waals surface area (Å²) in [5.41, 5.74) is 3.31. The van der Waals surface area contributed by atoms with Gasteiger partial charge >= 0.3 is 0 Å². The molecule has 0 bridgehead atoms. The highest BCUT2D eigenvalue weighted by Crippen LogP contribution is 2.41. The Bertz CT molecular complexity index is 463. The van der Waals surface area contributed by atoms with E-state index in [1.54, 1.807) is 7.05 Å². The summed E-state index contributed by atoms with van der Waals surface area (Å²) in [4.78, 5) is 4.17. The summed E-state index contributed by atoms with van der Waals surface area (Å²) in [5, 5.41) is 6.47. The standard InChI is InChI=1S/C16H25N3/c1-16(2)10-9-12(11-19-15(17-3)18-4)13-7-5-6-8-14(13)16/h5-8,12H,9-11H2,1-4H3,(H2,17,18,19).